The maximum Gasteiger partial charge on any atom is 0.410 e. The van der Waals surface area contributed by atoms with E-state index in [0.717, 1.165) is 12.8 Å². The summed E-state index contributed by atoms with van der Waals surface area (Å²) in [6.45, 7) is 11.2. The van der Waals surface area contributed by atoms with Crippen molar-refractivity contribution in [1.82, 2.24) is 5.32 Å². The Labute approximate surface area is 150 Å². The van der Waals surface area contributed by atoms with Gasteiger partial charge in [-0.3, -0.25) is 9.59 Å². The SMILES string of the molecule is CCC[C@@H](C)[C@@H](C)[C@H](CNC(=O)O[C@H](OC(C)=O)C(C)C)CC(=O)O. The number of rotatable bonds is 11. The maximum absolute atomic E-state index is 12.0. The Balaban J connectivity index is 4.72. The van der Waals surface area contributed by atoms with Crippen LogP contribution in [-0.4, -0.2) is 36.0 Å². The highest BCUT2D eigenvalue weighted by Crippen LogP contribution is 2.26. The van der Waals surface area contributed by atoms with E-state index in [1.807, 2.05) is 6.92 Å². The summed E-state index contributed by atoms with van der Waals surface area (Å²) in [5.41, 5.74) is 0. The first kappa shape index (κ1) is 23.2. The molecule has 0 aliphatic heterocycles. The lowest BCUT2D eigenvalue weighted by Gasteiger charge is -2.28. The molecule has 0 radical (unpaired) electrons. The second kappa shape index (κ2) is 11.7. The van der Waals surface area contributed by atoms with Gasteiger partial charge in [0.15, 0.2) is 0 Å². The van der Waals surface area contributed by atoms with Crippen LogP contribution < -0.4 is 5.32 Å². The number of hydrogen-bond acceptors (Lipinski definition) is 5. The van der Waals surface area contributed by atoms with E-state index in [1.165, 1.54) is 6.92 Å². The van der Waals surface area contributed by atoms with Crippen LogP contribution in [0.15, 0.2) is 0 Å². The Morgan fingerprint density at radius 3 is 2.12 bits per heavy atom. The molecule has 1 amide bonds. The zero-order chi connectivity index (χ0) is 19.6. The van der Waals surface area contributed by atoms with Crippen molar-refractivity contribution in [1.29, 1.82) is 0 Å². The molecular weight excluding hydrogens is 326 g/mol. The molecule has 0 saturated heterocycles. The number of aliphatic carboxylic acids is 1. The highest BCUT2D eigenvalue weighted by atomic mass is 16.7. The Kier molecular flexibility index (Phi) is 10.9. The number of nitrogens with one attached hydrogen (secondary N) is 1. The van der Waals surface area contributed by atoms with Gasteiger partial charge in [0.05, 0.1) is 6.42 Å². The molecule has 0 unspecified atom stereocenters. The Bertz CT molecular complexity index is 437. The fourth-order valence-electron chi connectivity index (χ4n) is 2.67. The molecule has 0 spiro atoms. The van der Waals surface area contributed by atoms with Gasteiger partial charge in [-0.2, -0.15) is 0 Å². The standard InChI is InChI=1S/C18H33NO6/c1-7-8-12(4)13(5)15(9-16(21)22)10-19-18(23)25-17(11(2)3)24-14(6)20/h11-13,15,17H,7-10H2,1-6H3,(H,19,23)(H,21,22)/t12-,13-,15+,17+/m1/s1. The van der Waals surface area contributed by atoms with Crippen molar-refractivity contribution in [3.05, 3.63) is 0 Å². The molecule has 0 rings (SSSR count). The summed E-state index contributed by atoms with van der Waals surface area (Å²) >= 11 is 0. The summed E-state index contributed by atoms with van der Waals surface area (Å²) in [5.74, 6) is -1.30. The Hall–Kier alpha value is -1.79. The Morgan fingerprint density at radius 1 is 1.08 bits per heavy atom. The number of hydrogen-bond donors (Lipinski definition) is 2. The molecule has 146 valence electrons. The first-order valence-corrected chi connectivity index (χ1v) is 8.91. The summed E-state index contributed by atoms with van der Waals surface area (Å²) in [6, 6.07) is 0. The third kappa shape index (κ3) is 9.94. The van der Waals surface area contributed by atoms with Crippen molar-refractivity contribution in [2.45, 2.75) is 67.1 Å². The fourth-order valence-corrected chi connectivity index (χ4v) is 2.67. The van der Waals surface area contributed by atoms with Crippen molar-refractivity contribution in [2.75, 3.05) is 6.54 Å². The van der Waals surface area contributed by atoms with E-state index in [9.17, 15) is 14.4 Å². The van der Waals surface area contributed by atoms with Gasteiger partial charge in [0, 0.05) is 19.4 Å². The van der Waals surface area contributed by atoms with Crippen LogP contribution in [0.2, 0.25) is 0 Å². The van der Waals surface area contributed by atoms with Gasteiger partial charge in [0.25, 0.3) is 6.29 Å². The first-order valence-electron chi connectivity index (χ1n) is 8.91. The number of alkyl carbamates (subject to hydrolysis) is 1. The number of ether oxygens (including phenoxy) is 2. The van der Waals surface area contributed by atoms with Crippen molar-refractivity contribution in [2.24, 2.45) is 23.7 Å². The van der Waals surface area contributed by atoms with Gasteiger partial charge in [0.2, 0.25) is 0 Å². The summed E-state index contributed by atoms with van der Waals surface area (Å²) < 4.78 is 10.1. The van der Waals surface area contributed by atoms with Gasteiger partial charge >= 0.3 is 18.0 Å². The molecule has 0 aliphatic rings. The van der Waals surface area contributed by atoms with Crippen molar-refractivity contribution in [3.8, 4) is 0 Å². The minimum absolute atomic E-state index is 0.0208. The number of carbonyl (C=O) groups excluding carboxylic acids is 2. The smallest absolute Gasteiger partial charge is 0.410 e. The number of amides is 1. The lowest BCUT2D eigenvalue weighted by atomic mass is 9.80. The third-order valence-corrected chi connectivity index (χ3v) is 4.38. The molecule has 0 aromatic carbocycles. The monoisotopic (exact) mass is 359 g/mol. The van der Waals surface area contributed by atoms with E-state index in [1.54, 1.807) is 13.8 Å². The average Bonchev–Trinajstić information content (AvgIpc) is 2.49. The van der Waals surface area contributed by atoms with E-state index in [4.69, 9.17) is 14.6 Å². The molecule has 25 heavy (non-hydrogen) atoms. The normalized spacial score (nSPS) is 15.8. The predicted molar refractivity (Wildman–Crippen MR) is 93.9 cm³/mol. The van der Waals surface area contributed by atoms with Gasteiger partial charge in [-0.05, 0) is 17.8 Å². The molecule has 2 N–H and O–H groups in total. The highest BCUT2D eigenvalue weighted by molar-refractivity contribution is 5.69. The zero-order valence-corrected chi connectivity index (χ0v) is 16.2. The highest BCUT2D eigenvalue weighted by Gasteiger charge is 2.26. The van der Waals surface area contributed by atoms with E-state index in [0.29, 0.717) is 5.92 Å². The molecule has 0 aromatic rings. The molecule has 0 aliphatic carbocycles. The quantitative estimate of drug-likeness (QED) is 0.433. The second-order valence-electron chi connectivity index (χ2n) is 6.99. The van der Waals surface area contributed by atoms with Crippen LogP contribution in [0.5, 0.6) is 0 Å². The van der Waals surface area contributed by atoms with Crippen molar-refractivity contribution in [3.63, 3.8) is 0 Å². The number of carboxylic acid groups (broad SMARTS) is 1. The van der Waals surface area contributed by atoms with Gasteiger partial charge in [0.1, 0.15) is 0 Å². The van der Waals surface area contributed by atoms with Crippen molar-refractivity contribution >= 4 is 18.0 Å². The second-order valence-corrected chi connectivity index (χ2v) is 6.99. The topological polar surface area (TPSA) is 102 Å². The molecule has 0 aromatic heterocycles. The van der Waals surface area contributed by atoms with Crippen LogP contribution >= 0.6 is 0 Å². The lowest BCUT2D eigenvalue weighted by molar-refractivity contribution is -0.172. The van der Waals surface area contributed by atoms with Crippen LogP contribution in [0, 0.1) is 23.7 Å². The summed E-state index contributed by atoms with van der Waals surface area (Å²) in [4.78, 5) is 34.2. The molecule has 4 atom stereocenters. The average molecular weight is 359 g/mol. The molecular formula is C18H33NO6. The van der Waals surface area contributed by atoms with E-state index in [-0.39, 0.29) is 30.7 Å². The molecule has 0 heterocycles. The lowest BCUT2D eigenvalue weighted by Crippen LogP contribution is -2.38. The van der Waals surface area contributed by atoms with Crippen LogP contribution in [0.25, 0.3) is 0 Å². The predicted octanol–water partition coefficient (Wildman–Crippen LogP) is 3.42. The van der Waals surface area contributed by atoms with Crippen LogP contribution in [0.4, 0.5) is 4.79 Å². The van der Waals surface area contributed by atoms with E-state index < -0.39 is 24.3 Å². The first-order chi connectivity index (χ1) is 11.6. The van der Waals surface area contributed by atoms with Crippen LogP contribution in [0.3, 0.4) is 0 Å². The van der Waals surface area contributed by atoms with Gasteiger partial charge in [-0.15, -0.1) is 0 Å². The Morgan fingerprint density at radius 2 is 1.68 bits per heavy atom. The minimum Gasteiger partial charge on any atom is -0.481 e. The van der Waals surface area contributed by atoms with Gasteiger partial charge < -0.3 is 19.9 Å². The maximum atomic E-state index is 12.0. The van der Waals surface area contributed by atoms with Crippen LogP contribution in [0.1, 0.15) is 60.8 Å². The van der Waals surface area contributed by atoms with Crippen LogP contribution in [-0.2, 0) is 19.1 Å². The molecule has 7 heteroatoms. The van der Waals surface area contributed by atoms with Gasteiger partial charge in [-0.1, -0.05) is 47.5 Å². The third-order valence-electron chi connectivity index (χ3n) is 4.38. The summed E-state index contributed by atoms with van der Waals surface area (Å²) in [6.07, 6.45) is 0.327. The molecule has 0 fully saturated rings. The largest absolute Gasteiger partial charge is 0.481 e. The molecule has 0 saturated carbocycles. The zero-order valence-electron chi connectivity index (χ0n) is 16.2. The molecule has 0 bridgehead atoms. The number of carboxylic acids is 1. The van der Waals surface area contributed by atoms with Crippen molar-refractivity contribution < 1.29 is 29.0 Å². The van der Waals surface area contributed by atoms with E-state index >= 15 is 0 Å². The fraction of sp³-hybridized carbons (Fsp3) is 0.833. The minimum atomic E-state index is -0.966. The van der Waals surface area contributed by atoms with Gasteiger partial charge in [-0.25, -0.2) is 4.79 Å². The number of esters is 1. The summed E-state index contributed by atoms with van der Waals surface area (Å²) in [5, 5.41) is 11.7. The molecule has 7 nitrogen and oxygen atoms in total. The van der Waals surface area contributed by atoms with E-state index in [2.05, 4.69) is 19.2 Å². The number of carbonyl (C=O) groups is 3. The summed E-state index contributed by atoms with van der Waals surface area (Å²) in [7, 11) is 0.